The van der Waals surface area contributed by atoms with Crippen molar-refractivity contribution >= 4 is 44.0 Å². The monoisotopic (exact) mass is 453 g/mol. The van der Waals surface area contributed by atoms with Crippen LogP contribution in [0.15, 0.2) is 60.7 Å². The molecule has 0 saturated carbocycles. The molecule has 4 rings (SSSR count). The number of hydrogen-bond acceptors (Lipinski definition) is 5. The molecule has 3 N–H and O–H groups in total. The highest BCUT2D eigenvalue weighted by atomic mass is 32.2. The van der Waals surface area contributed by atoms with Crippen LogP contribution in [0.2, 0.25) is 0 Å². The van der Waals surface area contributed by atoms with E-state index in [-0.39, 0.29) is 36.1 Å². The predicted octanol–water partition coefficient (Wildman–Crippen LogP) is 2.38. The van der Waals surface area contributed by atoms with Gasteiger partial charge in [-0.25, -0.2) is 8.42 Å². The minimum Gasteiger partial charge on any atom is -0.506 e. The van der Waals surface area contributed by atoms with Gasteiger partial charge >= 0.3 is 0 Å². The Morgan fingerprint density at radius 2 is 1.78 bits per heavy atom. The number of nitrogens with zero attached hydrogens (tertiary/aromatic N) is 1. The Morgan fingerprint density at radius 3 is 2.56 bits per heavy atom. The number of sulfonamides is 1. The van der Waals surface area contributed by atoms with Gasteiger partial charge in [0.1, 0.15) is 5.75 Å². The molecule has 3 aromatic rings. The van der Waals surface area contributed by atoms with Crippen molar-refractivity contribution in [2.75, 3.05) is 28.5 Å². The molecule has 0 atom stereocenters. The number of benzene rings is 3. The molecule has 1 aliphatic rings. The van der Waals surface area contributed by atoms with Crippen LogP contribution in [0.1, 0.15) is 12.0 Å². The van der Waals surface area contributed by atoms with E-state index < -0.39 is 15.9 Å². The molecule has 0 aromatic heterocycles. The maximum absolute atomic E-state index is 12.4. The van der Waals surface area contributed by atoms with Crippen LogP contribution in [0.25, 0.3) is 10.8 Å². The summed E-state index contributed by atoms with van der Waals surface area (Å²) in [5.74, 6) is -0.968. The van der Waals surface area contributed by atoms with Gasteiger partial charge in [0.05, 0.1) is 30.1 Å². The lowest BCUT2D eigenvalue weighted by molar-refractivity contribution is -0.123. The number of phenols is 1. The van der Waals surface area contributed by atoms with Gasteiger partial charge in [-0.3, -0.25) is 13.9 Å². The lowest BCUT2D eigenvalue weighted by atomic mass is 10.0. The number of hydrogen-bond donors (Lipinski definition) is 3. The number of phenolic OH excluding ortho intramolecular Hbond substituents is 1. The Bertz CT molecular complexity index is 1280. The summed E-state index contributed by atoms with van der Waals surface area (Å²) >= 11 is 0. The smallest absolute Gasteiger partial charge is 0.243 e. The molecule has 1 aliphatic heterocycles. The van der Waals surface area contributed by atoms with E-state index in [0.29, 0.717) is 18.7 Å². The van der Waals surface area contributed by atoms with Gasteiger partial charge in [0.2, 0.25) is 21.8 Å². The Balaban J connectivity index is 1.38. The van der Waals surface area contributed by atoms with Crippen LogP contribution in [0, 0.1) is 0 Å². The van der Waals surface area contributed by atoms with E-state index in [0.717, 1.165) is 16.3 Å². The Kier molecular flexibility index (Phi) is 6.00. The first kappa shape index (κ1) is 21.6. The van der Waals surface area contributed by atoms with E-state index in [4.69, 9.17) is 0 Å². The fraction of sp³-hybridized carbons (Fsp3) is 0.217. The van der Waals surface area contributed by atoms with Gasteiger partial charge < -0.3 is 15.7 Å². The second-order valence-electron chi connectivity index (χ2n) is 7.58. The van der Waals surface area contributed by atoms with Gasteiger partial charge in [0, 0.05) is 6.54 Å². The summed E-state index contributed by atoms with van der Waals surface area (Å²) in [6.45, 7) is 0.0694. The van der Waals surface area contributed by atoms with Crippen molar-refractivity contribution in [1.29, 1.82) is 0 Å². The summed E-state index contributed by atoms with van der Waals surface area (Å²) in [5, 5.41) is 17.2. The number of amides is 2. The number of aromatic hydroxyl groups is 1. The molecule has 0 radical (unpaired) electrons. The largest absolute Gasteiger partial charge is 0.506 e. The van der Waals surface area contributed by atoms with Crippen molar-refractivity contribution in [1.82, 2.24) is 5.32 Å². The SMILES string of the molecule is O=C(Cc1cccc2ccccc12)NCC(=O)Nc1cc(N2CCCS2(=O)=O)ccc1O. The third kappa shape index (κ3) is 4.67. The van der Waals surface area contributed by atoms with Gasteiger partial charge in [-0.05, 0) is 41.0 Å². The Labute approximate surface area is 185 Å². The van der Waals surface area contributed by atoms with Gasteiger partial charge in [-0.15, -0.1) is 0 Å². The zero-order valence-electron chi connectivity index (χ0n) is 17.2. The molecule has 1 fully saturated rings. The van der Waals surface area contributed by atoms with Gasteiger partial charge in [-0.2, -0.15) is 0 Å². The fourth-order valence-corrected chi connectivity index (χ4v) is 5.32. The highest BCUT2D eigenvalue weighted by Crippen LogP contribution is 2.32. The summed E-state index contributed by atoms with van der Waals surface area (Å²) < 4.78 is 25.5. The number of nitrogens with one attached hydrogen (secondary N) is 2. The quantitative estimate of drug-likeness (QED) is 0.496. The second kappa shape index (κ2) is 8.88. The summed E-state index contributed by atoms with van der Waals surface area (Å²) in [4.78, 5) is 24.7. The average Bonchev–Trinajstić information content (AvgIpc) is 3.13. The van der Waals surface area contributed by atoms with E-state index in [1.54, 1.807) is 0 Å². The first-order valence-electron chi connectivity index (χ1n) is 10.2. The Hall–Kier alpha value is -3.59. The van der Waals surface area contributed by atoms with Crippen LogP contribution in [0.4, 0.5) is 11.4 Å². The molecule has 0 unspecified atom stereocenters. The summed E-state index contributed by atoms with van der Waals surface area (Å²) in [6, 6.07) is 17.7. The number of anilines is 2. The van der Waals surface area contributed by atoms with E-state index in [9.17, 15) is 23.1 Å². The van der Waals surface area contributed by atoms with Crippen molar-refractivity contribution in [3.63, 3.8) is 0 Å². The first-order chi connectivity index (χ1) is 15.3. The molecule has 166 valence electrons. The highest BCUT2D eigenvalue weighted by molar-refractivity contribution is 7.93. The molecule has 9 heteroatoms. The lowest BCUT2D eigenvalue weighted by Crippen LogP contribution is -2.33. The van der Waals surface area contributed by atoms with Crippen molar-refractivity contribution in [2.24, 2.45) is 0 Å². The second-order valence-corrected chi connectivity index (χ2v) is 9.60. The van der Waals surface area contributed by atoms with Gasteiger partial charge in [0.25, 0.3) is 0 Å². The molecular weight excluding hydrogens is 430 g/mol. The highest BCUT2D eigenvalue weighted by Gasteiger charge is 2.29. The molecule has 0 bridgehead atoms. The zero-order chi connectivity index (χ0) is 22.7. The molecule has 2 amide bonds. The summed E-state index contributed by atoms with van der Waals surface area (Å²) in [5.41, 5.74) is 1.31. The normalized spacial score (nSPS) is 14.9. The molecule has 0 spiro atoms. The molecule has 3 aromatic carbocycles. The van der Waals surface area contributed by atoms with E-state index in [1.165, 1.54) is 22.5 Å². The minimum atomic E-state index is -3.38. The van der Waals surface area contributed by atoms with Crippen LogP contribution in [-0.2, 0) is 26.0 Å². The number of rotatable bonds is 6. The predicted molar refractivity (Wildman–Crippen MR) is 123 cm³/mol. The van der Waals surface area contributed by atoms with E-state index >= 15 is 0 Å². The lowest BCUT2D eigenvalue weighted by Gasteiger charge is -2.18. The minimum absolute atomic E-state index is 0.0678. The van der Waals surface area contributed by atoms with Gasteiger partial charge in [0.15, 0.2) is 0 Å². The molecular formula is C23H23N3O5S. The molecule has 32 heavy (non-hydrogen) atoms. The maximum Gasteiger partial charge on any atom is 0.243 e. The van der Waals surface area contributed by atoms with Crippen LogP contribution >= 0.6 is 0 Å². The van der Waals surface area contributed by atoms with E-state index in [1.807, 2.05) is 42.5 Å². The van der Waals surface area contributed by atoms with Crippen molar-refractivity contribution < 1.29 is 23.1 Å². The number of fused-ring (bicyclic) bond motifs is 1. The third-order valence-electron chi connectivity index (χ3n) is 5.32. The molecule has 0 aliphatic carbocycles. The fourth-order valence-electron chi connectivity index (χ4n) is 3.76. The maximum atomic E-state index is 12.4. The van der Waals surface area contributed by atoms with Crippen molar-refractivity contribution in [3.8, 4) is 5.75 Å². The first-order valence-corrected chi connectivity index (χ1v) is 11.8. The van der Waals surface area contributed by atoms with Crippen LogP contribution in [-0.4, -0.2) is 44.2 Å². The van der Waals surface area contributed by atoms with Crippen molar-refractivity contribution in [3.05, 3.63) is 66.2 Å². The van der Waals surface area contributed by atoms with Crippen LogP contribution in [0.3, 0.4) is 0 Å². The van der Waals surface area contributed by atoms with E-state index in [2.05, 4.69) is 10.6 Å². The Morgan fingerprint density at radius 1 is 1.00 bits per heavy atom. The zero-order valence-corrected chi connectivity index (χ0v) is 18.1. The number of carbonyl (C=O) groups excluding carboxylic acids is 2. The number of carbonyl (C=O) groups is 2. The van der Waals surface area contributed by atoms with Crippen LogP contribution in [0.5, 0.6) is 5.75 Å². The standard InChI is InChI=1S/C23H23N3O5S/c27-21-10-9-18(26-11-4-12-32(26,30)31)14-20(21)25-23(29)15-24-22(28)13-17-7-3-6-16-5-1-2-8-19(16)17/h1-3,5-10,14,27H,4,11-13,15H2,(H,24,28)(H,25,29). The third-order valence-corrected chi connectivity index (χ3v) is 7.19. The molecule has 1 heterocycles. The summed E-state index contributed by atoms with van der Waals surface area (Å²) in [7, 11) is -3.38. The topological polar surface area (TPSA) is 116 Å². The van der Waals surface area contributed by atoms with Gasteiger partial charge in [-0.1, -0.05) is 42.5 Å². The average molecular weight is 454 g/mol. The van der Waals surface area contributed by atoms with Crippen molar-refractivity contribution in [2.45, 2.75) is 12.8 Å². The molecule has 1 saturated heterocycles. The van der Waals surface area contributed by atoms with Crippen LogP contribution < -0.4 is 14.9 Å². The molecule has 8 nitrogen and oxygen atoms in total. The summed E-state index contributed by atoms with van der Waals surface area (Å²) in [6.07, 6.45) is 0.649.